The van der Waals surface area contributed by atoms with E-state index < -0.39 is 53.4 Å². The third kappa shape index (κ3) is 5.66. The summed E-state index contributed by atoms with van der Waals surface area (Å²) < 4.78 is 86.0. The van der Waals surface area contributed by atoms with Gasteiger partial charge in [-0.25, -0.2) is 9.67 Å². The van der Waals surface area contributed by atoms with Crippen molar-refractivity contribution in [3.05, 3.63) is 106 Å². The van der Waals surface area contributed by atoms with Crippen molar-refractivity contribution in [3.63, 3.8) is 0 Å². The number of aliphatic hydroxyl groups is 1. The van der Waals surface area contributed by atoms with Gasteiger partial charge in [-0.2, -0.15) is 36.7 Å². The molecule has 46 heavy (non-hydrogen) atoms. The summed E-state index contributed by atoms with van der Waals surface area (Å²) in [6, 6.07) is 19.4. The van der Waals surface area contributed by atoms with Crippen molar-refractivity contribution in [2.45, 2.75) is 49.2 Å². The quantitative estimate of drug-likeness (QED) is 0.254. The zero-order valence-electron chi connectivity index (χ0n) is 23.9. The van der Waals surface area contributed by atoms with E-state index in [1.807, 2.05) is 0 Å². The fourth-order valence-electron chi connectivity index (χ4n) is 6.30. The Kier molecular flexibility index (Phi) is 7.97. The Morgan fingerprint density at radius 1 is 0.957 bits per heavy atom. The third-order valence-electron chi connectivity index (χ3n) is 8.46. The molecule has 1 amide bonds. The Balaban J connectivity index is 1.43. The summed E-state index contributed by atoms with van der Waals surface area (Å²) >= 11 is 0. The van der Waals surface area contributed by atoms with Crippen molar-refractivity contribution >= 4 is 17.5 Å². The third-order valence-corrected chi connectivity index (χ3v) is 8.46. The van der Waals surface area contributed by atoms with E-state index in [9.17, 15) is 36.2 Å². The van der Waals surface area contributed by atoms with Gasteiger partial charge in [-0.3, -0.25) is 4.79 Å². The van der Waals surface area contributed by atoms with E-state index in [1.54, 1.807) is 65.6 Å². The fourth-order valence-corrected chi connectivity index (χ4v) is 6.30. The van der Waals surface area contributed by atoms with Gasteiger partial charge in [0, 0.05) is 30.8 Å². The van der Waals surface area contributed by atoms with Crippen LogP contribution in [0.5, 0.6) is 0 Å². The molecule has 6 rings (SSSR count). The van der Waals surface area contributed by atoms with E-state index in [2.05, 4.69) is 10.3 Å². The number of benzene rings is 2. The number of alkyl halides is 6. The molecule has 0 aliphatic carbocycles. The van der Waals surface area contributed by atoms with Gasteiger partial charge in [-0.05, 0) is 30.0 Å². The summed E-state index contributed by atoms with van der Waals surface area (Å²) in [5, 5.41) is 26.9. The van der Waals surface area contributed by atoms with Crippen LogP contribution >= 0.6 is 0 Å². The van der Waals surface area contributed by atoms with Crippen molar-refractivity contribution in [2.24, 2.45) is 0 Å². The predicted octanol–water partition coefficient (Wildman–Crippen LogP) is 6.15. The van der Waals surface area contributed by atoms with E-state index in [4.69, 9.17) is 10.4 Å². The fraction of sp³-hybridized carbons (Fsp3) is 0.312. The summed E-state index contributed by atoms with van der Waals surface area (Å²) in [5.41, 5.74) is -0.634. The number of piperidine rings is 1. The van der Waals surface area contributed by atoms with Crippen LogP contribution in [-0.4, -0.2) is 51.1 Å². The van der Waals surface area contributed by atoms with Gasteiger partial charge in [0.25, 0.3) is 5.91 Å². The molecule has 14 heteroatoms. The number of aromatic nitrogens is 3. The molecular weight excluding hydrogens is 614 g/mol. The summed E-state index contributed by atoms with van der Waals surface area (Å²) in [4.78, 5) is 18.4. The molecule has 2 aliphatic heterocycles. The van der Waals surface area contributed by atoms with Gasteiger partial charge in [-0.1, -0.05) is 60.7 Å². The maximum absolute atomic E-state index is 14.6. The largest absolute Gasteiger partial charge is 0.417 e. The molecule has 1 fully saturated rings. The van der Waals surface area contributed by atoms with Gasteiger partial charge in [-0.15, -0.1) is 0 Å². The van der Waals surface area contributed by atoms with Crippen LogP contribution in [0.1, 0.15) is 64.2 Å². The summed E-state index contributed by atoms with van der Waals surface area (Å²) in [6.45, 7) is 0.268. The minimum Gasteiger partial charge on any atom is -0.382 e. The molecular formula is C32H26F6N6O2. The average molecular weight is 641 g/mol. The lowest BCUT2D eigenvalue weighted by Crippen LogP contribution is -2.45. The number of hydrogen-bond acceptors (Lipinski definition) is 6. The summed E-state index contributed by atoms with van der Waals surface area (Å²) in [7, 11) is 0. The Hall–Kier alpha value is -4.90. The molecule has 4 aromatic rings. The van der Waals surface area contributed by atoms with Crippen LogP contribution in [-0.2, 0) is 11.0 Å². The van der Waals surface area contributed by atoms with Crippen LogP contribution in [0.4, 0.5) is 38.0 Å². The number of rotatable bonds is 5. The van der Waals surface area contributed by atoms with E-state index >= 15 is 0 Å². The minimum absolute atomic E-state index is 0.0126. The highest BCUT2D eigenvalue weighted by Crippen LogP contribution is 2.49. The molecule has 2 aliphatic rings. The lowest BCUT2D eigenvalue weighted by atomic mass is 9.82. The molecule has 2 unspecified atom stereocenters. The standard InChI is InChI=1S/C32H26F6N6O2/c33-31(34,35)22-15-23(40-17-21(22)16-39)43-13-11-18(12-14-43)26-24-25(32(36,37)38)28(45)30(46)41-29(24)44(42-26)27(19-7-3-1-4-8-19)20-9-5-2-6-10-20/h1-10,15,17-18,25,27-28,45H,11-14H2,(H,41,46). The van der Waals surface area contributed by atoms with Gasteiger partial charge in [0.05, 0.1) is 16.8 Å². The summed E-state index contributed by atoms with van der Waals surface area (Å²) in [6.07, 6.45) is -10.9. The SMILES string of the molecule is N#Cc1cnc(N2CCC(c3nn(C(c4ccccc4)c4ccccc4)c4c3C(C(F)(F)F)C(O)C(=O)N4)CC2)cc1C(F)(F)F. The van der Waals surface area contributed by atoms with E-state index in [1.165, 1.54) is 10.8 Å². The van der Waals surface area contributed by atoms with Crippen LogP contribution in [0, 0.1) is 11.3 Å². The maximum atomic E-state index is 14.6. The number of carbonyl (C=O) groups excluding carboxylic acids is 1. The van der Waals surface area contributed by atoms with Gasteiger partial charge in [0.15, 0.2) is 0 Å². The molecule has 2 aromatic heterocycles. The van der Waals surface area contributed by atoms with Crippen LogP contribution < -0.4 is 10.2 Å². The zero-order valence-corrected chi connectivity index (χ0v) is 23.9. The Morgan fingerprint density at radius 2 is 1.54 bits per heavy atom. The Labute approximate surface area is 258 Å². The number of halogens is 6. The van der Waals surface area contributed by atoms with Crippen LogP contribution in [0.25, 0.3) is 0 Å². The van der Waals surface area contributed by atoms with Crippen molar-refractivity contribution < 1.29 is 36.2 Å². The Morgan fingerprint density at radius 3 is 2.07 bits per heavy atom. The monoisotopic (exact) mass is 640 g/mol. The van der Waals surface area contributed by atoms with Crippen LogP contribution in [0.15, 0.2) is 72.9 Å². The smallest absolute Gasteiger partial charge is 0.382 e. The van der Waals surface area contributed by atoms with Gasteiger partial charge < -0.3 is 15.3 Å². The number of amides is 1. The first-order chi connectivity index (χ1) is 21.9. The molecule has 8 nitrogen and oxygen atoms in total. The molecule has 2 atom stereocenters. The lowest BCUT2D eigenvalue weighted by molar-refractivity contribution is -0.177. The highest BCUT2D eigenvalue weighted by atomic mass is 19.4. The molecule has 0 spiro atoms. The number of nitriles is 1. The van der Waals surface area contributed by atoms with E-state index in [0.29, 0.717) is 11.1 Å². The number of nitrogens with one attached hydrogen (secondary N) is 1. The highest BCUT2D eigenvalue weighted by Gasteiger charge is 2.55. The molecule has 2 aromatic carbocycles. The lowest BCUT2D eigenvalue weighted by Gasteiger charge is -2.35. The van der Waals surface area contributed by atoms with Gasteiger partial charge >= 0.3 is 12.4 Å². The normalized spacial score (nSPS) is 19.1. The number of anilines is 2. The highest BCUT2D eigenvalue weighted by molar-refractivity contribution is 5.97. The van der Waals surface area contributed by atoms with Crippen molar-refractivity contribution in [3.8, 4) is 6.07 Å². The molecule has 238 valence electrons. The van der Waals surface area contributed by atoms with Crippen LogP contribution in [0.3, 0.4) is 0 Å². The number of nitrogens with zero attached hydrogens (tertiary/aromatic N) is 5. The number of hydrogen-bond donors (Lipinski definition) is 2. The minimum atomic E-state index is -5.00. The molecule has 0 radical (unpaired) electrons. The molecule has 0 bridgehead atoms. The molecule has 4 heterocycles. The average Bonchev–Trinajstić information content (AvgIpc) is 3.39. The number of fused-ring (bicyclic) bond motifs is 1. The van der Waals surface area contributed by atoms with Crippen LogP contribution in [0.2, 0.25) is 0 Å². The number of aliphatic hydroxyl groups excluding tert-OH is 1. The predicted molar refractivity (Wildman–Crippen MR) is 154 cm³/mol. The second-order valence-electron chi connectivity index (χ2n) is 11.2. The maximum Gasteiger partial charge on any atom is 0.417 e. The van der Waals surface area contributed by atoms with Crippen molar-refractivity contribution in [1.29, 1.82) is 5.26 Å². The first kappa shape index (κ1) is 31.1. The topological polar surface area (TPSA) is 107 Å². The molecule has 0 saturated carbocycles. The summed E-state index contributed by atoms with van der Waals surface area (Å²) in [5.74, 6) is -4.52. The van der Waals surface area contributed by atoms with Crippen molar-refractivity contribution in [2.75, 3.05) is 23.3 Å². The van der Waals surface area contributed by atoms with E-state index in [-0.39, 0.29) is 48.8 Å². The molecule has 2 N–H and O–H groups in total. The second-order valence-corrected chi connectivity index (χ2v) is 11.2. The van der Waals surface area contributed by atoms with E-state index in [0.717, 1.165) is 12.3 Å². The van der Waals surface area contributed by atoms with Gasteiger partial charge in [0.1, 0.15) is 35.8 Å². The first-order valence-corrected chi connectivity index (χ1v) is 14.4. The number of carbonyl (C=O) groups is 1. The van der Waals surface area contributed by atoms with Gasteiger partial charge in [0.2, 0.25) is 0 Å². The molecule has 1 saturated heterocycles. The first-order valence-electron chi connectivity index (χ1n) is 14.4. The second kappa shape index (κ2) is 11.8. The zero-order chi connectivity index (χ0) is 32.8. The number of pyridine rings is 1. The Bertz CT molecular complexity index is 1740. The van der Waals surface area contributed by atoms with Crippen molar-refractivity contribution in [1.82, 2.24) is 14.8 Å².